The molecule has 0 spiro atoms. The topological polar surface area (TPSA) is 101 Å². The molecule has 1 saturated heterocycles. The van der Waals surface area contributed by atoms with Gasteiger partial charge >= 0.3 is 11.8 Å². The van der Waals surface area contributed by atoms with Crippen LogP contribution in [0.5, 0.6) is 0 Å². The molecule has 0 radical (unpaired) electrons. The lowest BCUT2D eigenvalue weighted by Crippen LogP contribution is -2.46. The van der Waals surface area contributed by atoms with E-state index in [1.54, 1.807) is 53.4 Å². The van der Waals surface area contributed by atoms with E-state index in [0.717, 1.165) is 5.39 Å². The van der Waals surface area contributed by atoms with Crippen LogP contribution < -0.4 is 5.32 Å². The van der Waals surface area contributed by atoms with Crippen LogP contribution in [0.25, 0.3) is 22.4 Å². The Morgan fingerprint density at radius 3 is 2.42 bits per heavy atom. The molecule has 0 aliphatic carbocycles. The minimum absolute atomic E-state index is 0.0663. The van der Waals surface area contributed by atoms with E-state index in [1.165, 1.54) is 0 Å². The quantitative estimate of drug-likeness (QED) is 0.445. The van der Waals surface area contributed by atoms with E-state index < -0.39 is 0 Å². The van der Waals surface area contributed by atoms with E-state index in [4.69, 9.17) is 32.0 Å². The first-order chi connectivity index (χ1) is 16.0. The summed E-state index contributed by atoms with van der Waals surface area (Å²) in [7, 11) is 0. The van der Waals surface area contributed by atoms with Crippen molar-refractivity contribution < 1.29 is 18.4 Å². The molecule has 33 heavy (non-hydrogen) atoms. The standard InChI is InChI=1S/C23H18Cl2N4O4/c24-15-3-1-13(2-4-15)21-27-28-22(33-21)23(31)29-9-7-17(8-10-29)26-20(30)19-12-14-11-16(25)5-6-18(14)32-19/h1-6,11-12,17H,7-10H2,(H,26,30). The highest BCUT2D eigenvalue weighted by Gasteiger charge is 2.28. The number of carbonyl (C=O) groups excluding carboxylic acids is 2. The first-order valence-corrected chi connectivity index (χ1v) is 11.1. The zero-order valence-electron chi connectivity index (χ0n) is 17.3. The normalized spacial score (nSPS) is 14.5. The molecule has 3 heterocycles. The molecule has 0 saturated carbocycles. The largest absolute Gasteiger partial charge is 0.451 e. The Morgan fingerprint density at radius 2 is 1.67 bits per heavy atom. The van der Waals surface area contributed by atoms with Gasteiger partial charge in [-0.1, -0.05) is 23.2 Å². The van der Waals surface area contributed by atoms with Crippen molar-refractivity contribution in [1.29, 1.82) is 0 Å². The number of rotatable bonds is 4. The second-order valence-electron chi connectivity index (χ2n) is 7.75. The lowest BCUT2D eigenvalue weighted by atomic mass is 10.0. The van der Waals surface area contributed by atoms with Gasteiger partial charge in [0.2, 0.25) is 5.89 Å². The van der Waals surface area contributed by atoms with E-state index in [0.29, 0.717) is 47.1 Å². The maximum Gasteiger partial charge on any atom is 0.311 e. The van der Waals surface area contributed by atoms with Crippen LogP contribution in [0.1, 0.15) is 34.1 Å². The molecule has 1 aliphatic heterocycles. The first-order valence-electron chi connectivity index (χ1n) is 10.3. The third-order valence-electron chi connectivity index (χ3n) is 5.52. The summed E-state index contributed by atoms with van der Waals surface area (Å²) in [5.41, 5.74) is 1.28. The summed E-state index contributed by atoms with van der Waals surface area (Å²) in [4.78, 5) is 27.0. The molecule has 10 heteroatoms. The van der Waals surface area contributed by atoms with Crippen molar-refractivity contribution in [2.45, 2.75) is 18.9 Å². The number of nitrogens with zero attached hydrogens (tertiary/aromatic N) is 3. The van der Waals surface area contributed by atoms with Crippen LogP contribution in [0.2, 0.25) is 10.0 Å². The lowest BCUT2D eigenvalue weighted by molar-refractivity contribution is 0.0658. The SMILES string of the molecule is O=C(NC1CCN(C(=O)c2nnc(-c3ccc(Cl)cc3)o2)CC1)c1cc2cc(Cl)ccc2o1. The van der Waals surface area contributed by atoms with Gasteiger partial charge in [0.1, 0.15) is 5.58 Å². The zero-order chi connectivity index (χ0) is 22.9. The van der Waals surface area contributed by atoms with Gasteiger partial charge in [-0.05, 0) is 61.4 Å². The van der Waals surface area contributed by atoms with Crippen LogP contribution in [-0.2, 0) is 0 Å². The molecule has 1 aliphatic rings. The van der Waals surface area contributed by atoms with E-state index in [1.807, 2.05) is 0 Å². The second kappa shape index (κ2) is 8.88. The summed E-state index contributed by atoms with van der Waals surface area (Å²) < 4.78 is 11.2. The molecule has 4 aromatic rings. The van der Waals surface area contributed by atoms with E-state index >= 15 is 0 Å². The molecular formula is C23H18Cl2N4O4. The number of fused-ring (bicyclic) bond motifs is 1. The third kappa shape index (κ3) is 4.58. The van der Waals surface area contributed by atoms with E-state index in [-0.39, 0.29) is 35.4 Å². The molecule has 2 amide bonds. The maximum atomic E-state index is 12.8. The monoisotopic (exact) mass is 484 g/mol. The second-order valence-corrected chi connectivity index (χ2v) is 8.62. The van der Waals surface area contributed by atoms with Crippen molar-refractivity contribution in [3.63, 3.8) is 0 Å². The van der Waals surface area contributed by atoms with E-state index in [9.17, 15) is 9.59 Å². The Bertz CT molecular complexity index is 1320. The number of nitrogens with one attached hydrogen (secondary N) is 1. The summed E-state index contributed by atoms with van der Waals surface area (Å²) in [5.74, 6) is -0.211. The molecule has 0 atom stereocenters. The number of hydrogen-bond acceptors (Lipinski definition) is 6. The van der Waals surface area contributed by atoms with Crippen molar-refractivity contribution in [3.8, 4) is 11.5 Å². The summed E-state index contributed by atoms with van der Waals surface area (Å²) in [5, 5.41) is 12.8. The van der Waals surface area contributed by atoms with Gasteiger partial charge < -0.3 is 19.1 Å². The van der Waals surface area contributed by atoms with Gasteiger partial charge in [-0.15, -0.1) is 10.2 Å². The molecular weight excluding hydrogens is 467 g/mol. The van der Waals surface area contributed by atoms with E-state index in [2.05, 4.69) is 15.5 Å². The Morgan fingerprint density at radius 1 is 0.939 bits per heavy atom. The highest BCUT2D eigenvalue weighted by molar-refractivity contribution is 6.31. The fourth-order valence-corrected chi connectivity index (χ4v) is 4.07. The van der Waals surface area contributed by atoms with Crippen molar-refractivity contribution in [1.82, 2.24) is 20.4 Å². The average molecular weight is 485 g/mol. The molecule has 2 aromatic carbocycles. The van der Waals surface area contributed by atoms with Crippen molar-refractivity contribution in [2.75, 3.05) is 13.1 Å². The van der Waals surface area contributed by atoms with Gasteiger partial charge in [0, 0.05) is 40.1 Å². The molecule has 168 valence electrons. The fourth-order valence-electron chi connectivity index (χ4n) is 3.76. The van der Waals surface area contributed by atoms with Crippen LogP contribution in [-0.4, -0.2) is 46.0 Å². The molecule has 0 unspecified atom stereocenters. The van der Waals surface area contributed by atoms with Gasteiger partial charge in [-0.2, -0.15) is 0 Å². The molecule has 0 bridgehead atoms. The van der Waals surface area contributed by atoms with Crippen molar-refractivity contribution in [3.05, 3.63) is 70.2 Å². The number of piperidine rings is 1. The average Bonchev–Trinajstić information content (AvgIpc) is 3.47. The highest BCUT2D eigenvalue weighted by Crippen LogP contribution is 2.24. The molecule has 1 fully saturated rings. The summed E-state index contributed by atoms with van der Waals surface area (Å²) in [6.07, 6.45) is 1.20. The highest BCUT2D eigenvalue weighted by atomic mass is 35.5. The molecule has 8 nitrogen and oxygen atoms in total. The Kier molecular flexibility index (Phi) is 5.78. The molecule has 2 aromatic heterocycles. The Balaban J connectivity index is 1.18. The molecule has 5 rings (SSSR count). The number of hydrogen-bond donors (Lipinski definition) is 1. The zero-order valence-corrected chi connectivity index (χ0v) is 18.8. The van der Waals surface area contributed by atoms with Crippen molar-refractivity contribution in [2.24, 2.45) is 0 Å². The maximum absolute atomic E-state index is 12.8. The van der Waals surface area contributed by atoms with Gasteiger partial charge in [-0.25, -0.2) is 0 Å². The number of benzene rings is 2. The fraction of sp³-hybridized carbons (Fsp3) is 0.217. The lowest BCUT2D eigenvalue weighted by Gasteiger charge is -2.31. The summed E-state index contributed by atoms with van der Waals surface area (Å²) in [6.45, 7) is 0.913. The van der Waals surface area contributed by atoms with Crippen LogP contribution in [0.4, 0.5) is 0 Å². The number of likely N-dealkylation sites (tertiary alicyclic amines) is 1. The van der Waals surface area contributed by atoms with Gasteiger partial charge in [0.15, 0.2) is 5.76 Å². The predicted octanol–water partition coefficient (Wildman–Crippen LogP) is 4.82. The van der Waals surface area contributed by atoms with Gasteiger partial charge in [0.25, 0.3) is 5.91 Å². The van der Waals surface area contributed by atoms with Crippen LogP contribution >= 0.6 is 23.2 Å². The smallest absolute Gasteiger partial charge is 0.311 e. The molecule has 1 N–H and O–H groups in total. The minimum Gasteiger partial charge on any atom is -0.451 e. The first kappa shape index (κ1) is 21.5. The number of halogens is 2. The van der Waals surface area contributed by atoms with Crippen LogP contribution in [0.3, 0.4) is 0 Å². The predicted molar refractivity (Wildman–Crippen MR) is 122 cm³/mol. The number of furan rings is 1. The Hall–Kier alpha value is -3.36. The number of carbonyl (C=O) groups is 2. The summed E-state index contributed by atoms with van der Waals surface area (Å²) >= 11 is 11.9. The third-order valence-corrected chi connectivity index (χ3v) is 6.01. The number of amides is 2. The number of aromatic nitrogens is 2. The minimum atomic E-state index is -0.332. The van der Waals surface area contributed by atoms with Crippen molar-refractivity contribution >= 4 is 46.0 Å². The Labute approximate surface area is 198 Å². The van der Waals surface area contributed by atoms with Gasteiger partial charge in [0.05, 0.1) is 0 Å². The van der Waals surface area contributed by atoms with Gasteiger partial charge in [-0.3, -0.25) is 9.59 Å². The van der Waals surface area contributed by atoms with Crippen LogP contribution in [0, 0.1) is 0 Å². The van der Waals surface area contributed by atoms with Crippen LogP contribution in [0.15, 0.2) is 57.4 Å². The summed E-state index contributed by atoms with van der Waals surface area (Å²) in [6, 6.07) is 13.7.